The summed E-state index contributed by atoms with van der Waals surface area (Å²) in [4.78, 5) is 12.6. The number of amides is 1. The Bertz CT molecular complexity index is 998. The molecule has 4 N–H and O–H groups in total. The number of aliphatic hydroxyl groups excluding tert-OH is 3. The van der Waals surface area contributed by atoms with Crippen molar-refractivity contribution in [3.05, 3.63) is 24.3 Å². The number of nitrogens with one attached hydrogen (secondary N) is 1. The first-order chi connectivity index (χ1) is 33.1. The molecule has 5 heteroatoms. The van der Waals surface area contributed by atoms with Crippen LogP contribution < -0.4 is 5.32 Å². The molecular formula is C62H121NO4. The van der Waals surface area contributed by atoms with Crippen molar-refractivity contribution in [2.24, 2.45) is 0 Å². The van der Waals surface area contributed by atoms with E-state index in [9.17, 15) is 20.1 Å². The van der Waals surface area contributed by atoms with Crippen LogP contribution in [0.2, 0.25) is 0 Å². The number of rotatable bonds is 57. The molecule has 0 rings (SSSR count). The van der Waals surface area contributed by atoms with Gasteiger partial charge in [0.25, 0.3) is 0 Å². The van der Waals surface area contributed by atoms with E-state index in [2.05, 4.69) is 43.5 Å². The Morgan fingerprint density at radius 3 is 0.896 bits per heavy atom. The van der Waals surface area contributed by atoms with Crippen LogP contribution >= 0.6 is 0 Å². The smallest absolute Gasteiger partial charge is 0.249 e. The van der Waals surface area contributed by atoms with Crippen LogP contribution in [0.25, 0.3) is 0 Å². The van der Waals surface area contributed by atoms with Crippen molar-refractivity contribution < 1.29 is 20.1 Å². The van der Waals surface area contributed by atoms with Gasteiger partial charge in [0.1, 0.15) is 6.10 Å². The number of aliphatic hydroxyl groups is 3. The van der Waals surface area contributed by atoms with Gasteiger partial charge in [-0.25, -0.2) is 0 Å². The highest BCUT2D eigenvalue weighted by molar-refractivity contribution is 5.80. The lowest BCUT2D eigenvalue weighted by atomic mass is 10.0. The van der Waals surface area contributed by atoms with E-state index in [0.717, 1.165) is 38.5 Å². The fraction of sp³-hybridized carbons (Fsp3) is 0.919. The number of carbonyl (C=O) groups is 1. The van der Waals surface area contributed by atoms with Crippen molar-refractivity contribution in [1.82, 2.24) is 5.32 Å². The summed E-state index contributed by atoms with van der Waals surface area (Å²) in [5.74, 6) is -0.465. The summed E-state index contributed by atoms with van der Waals surface area (Å²) in [6, 6.07) is -0.711. The first-order valence-electron chi connectivity index (χ1n) is 30.6. The predicted octanol–water partition coefficient (Wildman–Crippen LogP) is 19.2. The van der Waals surface area contributed by atoms with E-state index in [0.29, 0.717) is 12.8 Å². The van der Waals surface area contributed by atoms with Crippen molar-refractivity contribution in [1.29, 1.82) is 0 Å². The van der Waals surface area contributed by atoms with Crippen LogP contribution in [0.3, 0.4) is 0 Å². The number of allylic oxidation sites excluding steroid dienone is 4. The number of carbonyl (C=O) groups excluding carboxylic acids is 1. The molecule has 0 bridgehead atoms. The lowest BCUT2D eigenvalue weighted by Gasteiger charge is -2.23. The van der Waals surface area contributed by atoms with Crippen molar-refractivity contribution in [2.75, 3.05) is 6.61 Å². The minimum Gasteiger partial charge on any atom is -0.394 e. The summed E-state index contributed by atoms with van der Waals surface area (Å²) < 4.78 is 0. The van der Waals surface area contributed by atoms with E-state index in [1.807, 2.05) is 0 Å². The van der Waals surface area contributed by atoms with Crippen LogP contribution in [0.1, 0.15) is 341 Å². The molecular weight excluding hydrogens is 823 g/mol. The van der Waals surface area contributed by atoms with Crippen LogP contribution in [0.4, 0.5) is 0 Å². The van der Waals surface area contributed by atoms with Crippen LogP contribution in [0.15, 0.2) is 24.3 Å². The van der Waals surface area contributed by atoms with Crippen molar-refractivity contribution in [3.63, 3.8) is 0 Å². The second-order valence-electron chi connectivity index (χ2n) is 21.3. The molecule has 0 fully saturated rings. The maximum absolute atomic E-state index is 12.6. The molecule has 3 unspecified atom stereocenters. The lowest BCUT2D eigenvalue weighted by molar-refractivity contribution is -0.131. The molecule has 0 aromatic rings. The molecule has 0 heterocycles. The van der Waals surface area contributed by atoms with Crippen LogP contribution in [-0.4, -0.2) is 46.1 Å². The first-order valence-corrected chi connectivity index (χ1v) is 30.6. The predicted molar refractivity (Wildman–Crippen MR) is 296 cm³/mol. The third-order valence-corrected chi connectivity index (χ3v) is 14.6. The second-order valence-corrected chi connectivity index (χ2v) is 21.3. The topological polar surface area (TPSA) is 89.8 Å². The molecule has 5 nitrogen and oxygen atoms in total. The highest BCUT2D eigenvalue weighted by Crippen LogP contribution is 2.18. The summed E-state index contributed by atoms with van der Waals surface area (Å²) in [6.07, 6.45) is 73.9. The largest absolute Gasteiger partial charge is 0.394 e. The van der Waals surface area contributed by atoms with Gasteiger partial charge in [-0.3, -0.25) is 4.79 Å². The zero-order valence-electron chi connectivity index (χ0n) is 45.6. The second kappa shape index (κ2) is 57.4. The van der Waals surface area contributed by atoms with Gasteiger partial charge < -0.3 is 20.6 Å². The summed E-state index contributed by atoms with van der Waals surface area (Å²) in [7, 11) is 0. The molecule has 0 saturated carbocycles. The normalized spacial score (nSPS) is 13.3. The van der Waals surface area contributed by atoms with E-state index in [4.69, 9.17) is 0 Å². The molecule has 0 aliphatic rings. The summed E-state index contributed by atoms with van der Waals surface area (Å²) in [5, 5.41) is 33.6. The minimum absolute atomic E-state index is 0.310. The summed E-state index contributed by atoms with van der Waals surface area (Å²) >= 11 is 0. The lowest BCUT2D eigenvalue weighted by Crippen LogP contribution is -2.49. The Hall–Kier alpha value is -1.17. The zero-order valence-corrected chi connectivity index (χ0v) is 45.6. The first kappa shape index (κ1) is 65.8. The fourth-order valence-electron chi connectivity index (χ4n) is 9.81. The molecule has 0 saturated heterocycles. The maximum Gasteiger partial charge on any atom is 0.249 e. The molecule has 3 atom stereocenters. The molecule has 0 aromatic heterocycles. The van der Waals surface area contributed by atoms with Crippen LogP contribution in [-0.2, 0) is 4.79 Å². The fourth-order valence-corrected chi connectivity index (χ4v) is 9.81. The van der Waals surface area contributed by atoms with Gasteiger partial charge in [0.05, 0.1) is 18.8 Å². The highest BCUT2D eigenvalue weighted by Gasteiger charge is 2.23. The number of hydrogen-bond donors (Lipinski definition) is 4. The van der Waals surface area contributed by atoms with Gasteiger partial charge in [-0.1, -0.05) is 321 Å². The average Bonchev–Trinajstić information content (AvgIpc) is 3.33. The molecule has 0 aromatic carbocycles. The Morgan fingerprint density at radius 1 is 0.358 bits per heavy atom. The van der Waals surface area contributed by atoms with E-state index >= 15 is 0 Å². The van der Waals surface area contributed by atoms with Crippen molar-refractivity contribution >= 4 is 5.91 Å². The highest BCUT2D eigenvalue weighted by atomic mass is 16.3. The number of hydrogen-bond acceptors (Lipinski definition) is 4. The molecule has 398 valence electrons. The third-order valence-electron chi connectivity index (χ3n) is 14.6. The molecule has 0 aliphatic carbocycles. The minimum atomic E-state index is -1.07. The number of unbranched alkanes of at least 4 members (excludes halogenated alkanes) is 45. The average molecular weight is 945 g/mol. The molecule has 67 heavy (non-hydrogen) atoms. The van der Waals surface area contributed by atoms with E-state index < -0.39 is 24.2 Å². The Morgan fingerprint density at radius 2 is 0.612 bits per heavy atom. The molecule has 0 radical (unpaired) electrons. The Balaban J connectivity index is 3.48. The Labute approximate surface area is 420 Å². The van der Waals surface area contributed by atoms with Crippen molar-refractivity contribution in [3.8, 4) is 0 Å². The quantitative estimate of drug-likeness (QED) is 0.0361. The molecule has 0 spiro atoms. The van der Waals surface area contributed by atoms with E-state index in [-0.39, 0.29) is 6.61 Å². The van der Waals surface area contributed by atoms with Crippen molar-refractivity contribution in [2.45, 2.75) is 360 Å². The van der Waals surface area contributed by atoms with Gasteiger partial charge >= 0.3 is 0 Å². The van der Waals surface area contributed by atoms with Gasteiger partial charge in [0.2, 0.25) is 5.91 Å². The van der Waals surface area contributed by atoms with Gasteiger partial charge in [-0.05, 0) is 44.9 Å². The molecule has 1 amide bonds. The Kier molecular flexibility index (Phi) is 56.4. The van der Waals surface area contributed by atoms with Gasteiger partial charge in [-0.2, -0.15) is 0 Å². The standard InChI is InChI=1S/C62H121NO4/c1-3-5-7-9-11-13-15-17-19-21-23-24-25-26-27-28-29-30-31-32-33-34-35-36-37-39-41-43-45-47-49-51-53-55-57-61(66)62(67)63-59(58-64)60(65)56-54-52-50-48-46-44-42-40-38-22-20-18-16-14-12-10-8-6-4-2/h25-26,28-29,59-61,64-66H,3-24,27,30-58H2,1-2H3,(H,63,67)/b26-25-,29-28-. The SMILES string of the molecule is CCCCCCCCCCCCC/C=C\C/C=C\CCCCCCCCCCCCCCCCCCC(O)C(=O)NC(CO)C(O)CCCCCCCCCCCCCCCCCCCCC. The third kappa shape index (κ3) is 52.5. The monoisotopic (exact) mass is 944 g/mol. The summed E-state index contributed by atoms with van der Waals surface area (Å²) in [6.45, 7) is 4.27. The molecule has 0 aliphatic heterocycles. The van der Waals surface area contributed by atoms with E-state index in [1.165, 1.54) is 276 Å². The van der Waals surface area contributed by atoms with Gasteiger partial charge in [0, 0.05) is 0 Å². The van der Waals surface area contributed by atoms with Crippen LogP contribution in [0.5, 0.6) is 0 Å². The van der Waals surface area contributed by atoms with Gasteiger partial charge in [0.15, 0.2) is 0 Å². The van der Waals surface area contributed by atoms with Crippen LogP contribution in [0, 0.1) is 0 Å². The maximum atomic E-state index is 12.6. The zero-order chi connectivity index (χ0) is 48.6. The van der Waals surface area contributed by atoms with E-state index in [1.54, 1.807) is 0 Å². The van der Waals surface area contributed by atoms with Gasteiger partial charge in [-0.15, -0.1) is 0 Å². The summed E-state index contributed by atoms with van der Waals surface area (Å²) in [5.41, 5.74) is 0.